The lowest BCUT2D eigenvalue weighted by Crippen LogP contribution is -2.41. The summed E-state index contributed by atoms with van der Waals surface area (Å²) >= 11 is 0. The third-order valence-corrected chi connectivity index (χ3v) is 5.53. The van der Waals surface area contributed by atoms with E-state index in [0.29, 0.717) is 13.0 Å². The van der Waals surface area contributed by atoms with Gasteiger partial charge in [-0.1, -0.05) is 48.5 Å². The molecule has 1 aromatic heterocycles. The Morgan fingerprint density at radius 2 is 1.86 bits per heavy atom. The summed E-state index contributed by atoms with van der Waals surface area (Å²) in [6.45, 7) is 2.58. The molecule has 4 rings (SSSR count). The fourth-order valence-corrected chi connectivity index (χ4v) is 4.02. The smallest absolute Gasteiger partial charge is 0.227 e. The van der Waals surface area contributed by atoms with Gasteiger partial charge in [-0.05, 0) is 60.8 Å². The lowest BCUT2D eigenvalue weighted by atomic mass is 10.0. The van der Waals surface area contributed by atoms with Crippen molar-refractivity contribution in [3.05, 3.63) is 78.1 Å². The zero-order valence-electron chi connectivity index (χ0n) is 16.2. The summed E-state index contributed by atoms with van der Waals surface area (Å²) in [4.78, 5) is 19.9. The molecule has 4 nitrogen and oxygen atoms in total. The van der Waals surface area contributed by atoms with Crippen LogP contribution in [0.15, 0.2) is 66.9 Å². The molecular formula is C24H27N3O. The van der Waals surface area contributed by atoms with Crippen LogP contribution in [0.5, 0.6) is 0 Å². The quantitative estimate of drug-likeness (QED) is 0.737. The van der Waals surface area contributed by atoms with E-state index >= 15 is 0 Å². The topological polar surface area (TPSA) is 45.2 Å². The van der Waals surface area contributed by atoms with E-state index in [0.717, 1.165) is 43.6 Å². The molecule has 3 aromatic rings. The van der Waals surface area contributed by atoms with Crippen molar-refractivity contribution in [1.29, 1.82) is 0 Å². The van der Waals surface area contributed by atoms with Gasteiger partial charge in [0.05, 0.1) is 18.7 Å². The molecule has 1 atom stereocenters. The fraction of sp³-hybridized carbons (Fsp3) is 0.333. The van der Waals surface area contributed by atoms with Crippen LogP contribution in [-0.2, 0) is 17.8 Å². The van der Waals surface area contributed by atoms with Gasteiger partial charge in [0.15, 0.2) is 0 Å². The Kier molecular flexibility index (Phi) is 5.98. The molecule has 1 fully saturated rings. The Labute approximate surface area is 166 Å². The number of carbonyl (C=O) groups excluding carboxylic acids is 1. The van der Waals surface area contributed by atoms with E-state index in [-0.39, 0.29) is 11.9 Å². The molecule has 0 aliphatic carbocycles. The predicted octanol–water partition coefficient (Wildman–Crippen LogP) is 3.95. The summed E-state index contributed by atoms with van der Waals surface area (Å²) in [5.74, 6) is 0.188. The number of benzene rings is 2. The third-order valence-electron chi connectivity index (χ3n) is 5.53. The number of rotatable bonds is 5. The van der Waals surface area contributed by atoms with Gasteiger partial charge in [0.2, 0.25) is 5.91 Å². The van der Waals surface area contributed by atoms with Gasteiger partial charge in [0.1, 0.15) is 0 Å². The SMILES string of the molecule is O=C(Cc1ccc2ccccc2c1)N(Cc1ccccn1)C1CCCNCC1. The molecule has 1 amide bonds. The van der Waals surface area contributed by atoms with E-state index in [9.17, 15) is 4.79 Å². The molecule has 1 aliphatic rings. The highest BCUT2D eigenvalue weighted by Crippen LogP contribution is 2.20. The summed E-state index contributed by atoms with van der Waals surface area (Å²) in [5, 5.41) is 5.84. The maximum absolute atomic E-state index is 13.3. The Morgan fingerprint density at radius 3 is 2.71 bits per heavy atom. The van der Waals surface area contributed by atoms with Crippen LogP contribution in [0.2, 0.25) is 0 Å². The molecule has 4 heteroatoms. The molecule has 144 valence electrons. The first-order chi connectivity index (χ1) is 13.8. The molecule has 2 aromatic carbocycles. The minimum Gasteiger partial charge on any atom is -0.333 e. The molecule has 0 bridgehead atoms. The normalized spacial score (nSPS) is 17.2. The maximum Gasteiger partial charge on any atom is 0.227 e. The molecule has 2 heterocycles. The van der Waals surface area contributed by atoms with Crippen LogP contribution >= 0.6 is 0 Å². The molecule has 0 saturated carbocycles. The number of fused-ring (bicyclic) bond motifs is 1. The van der Waals surface area contributed by atoms with Crippen molar-refractivity contribution in [2.45, 2.75) is 38.3 Å². The van der Waals surface area contributed by atoms with Gasteiger partial charge in [-0.15, -0.1) is 0 Å². The number of nitrogens with one attached hydrogen (secondary N) is 1. The van der Waals surface area contributed by atoms with Crippen molar-refractivity contribution in [1.82, 2.24) is 15.2 Å². The van der Waals surface area contributed by atoms with Gasteiger partial charge in [-0.3, -0.25) is 9.78 Å². The van der Waals surface area contributed by atoms with Gasteiger partial charge in [0.25, 0.3) is 0 Å². The lowest BCUT2D eigenvalue weighted by molar-refractivity contribution is -0.133. The summed E-state index contributed by atoms with van der Waals surface area (Å²) in [5.41, 5.74) is 2.02. The lowest BCUT2D eigenvalue weighted by Gasteiger charge is -2.31. The summed E-state index contributed by atoms with van der Waals surface area (Å²) in [7, 11) is 0. The van der Waals surface area contributed by atoms with E-state index in [1.807, 2.05) is 30.3 Å². The van der Waals surface area contributed by atoms with Crippen LogP contribution in [0.1, 0.15) is 30.5 Å². The monoisotopic (exact) mass is 373 g/mol. The van der Waals surface area contributed by atoms with Crippen molar-refractivity contribution in [3.8, 4) is 0 Å². The van der Waals surface area contributed by atoms with E-state index in [1.165, 1.54) is 10.8 Å². The second-order valence-corrected chi connectivity index (χ2v) is 7.54. The van der Waals surface area contributed by atoms with E-state index in [4.69, 9.17) is 0 Å². The minimum absolute atomic E-state index is 0.188. The Balaban J connectivity index is 1.55. The highest BCUT2D eigenvalue weighted by molar-refractivity contribution is 5.85. The van der Waals surface area contributed by atoms with Crippen molar-refractivity contribution in [3.63, 3.8) is 0 Å². The Bertz CT molecular complexity index is 917. The molecule has 28 heavy (non-hydrogen) atoms. The first-order valence-electron chi connectivity index (χ1n) is 10.2. The van der Waals surface area contributed by atoms with Crippen LogP contribution in [0.3, 0.4) is 0 Å². The number of carbonyl (C=O) groups is 1. The Hall–Kier alpha value is -2.72. The largest absolute Gasteiger partial charge is 0.333 e. The van der Waals surface area contributed by atoms with Crippen LogP contribution in [0.4, 0.5) is 0 Å². The number of pyridine rings is 1. The highest BCUT2D eigenvalue weighted by atomic mass is 16.2. The van der Waals surface area contributed by atoms with Crippen molar-refractivity contribution >= 4 is 16.7 Å². The van der Waals surface area contributed by atoms with E-state index in [1.54, 1.807) is 6.20 Å². The Morgan fingerprint density at radius 1 is 1.00 bits per heavy atom. The summed E-state index contributed by atoms with van der Waals surface area (Å²) in [6, 6.07) is 20.8. The second-order valence-electron chi connectivity index (χ2n) is 7.54. The third kappa shape index (κ3) is 4.57. The zero-order valence-corrected chi connectivity index (χ0v) is 16.2. The highest BCUT2D eigenvalue weighted by Gasteiger charge is 2.25. The molecule has 1 saturated heterocycles. The molecule has 1 unspecified atom stereocenters. The molecule has 0 radical (unpaired) electrons. The van der Waals surface area contributed by atoms with Crippen molar-refractivity contribution in [2.75, 3.05) is 13.1 Å². The van der Waals surface area contributed by atoms with Crippen LogP contribution in [-0.4, -0.2) is 34.9 Å². The number of nitrogens with zero attached hydrogens (tertiary/aromatic N) is 2. The van der Waals surface area contributed by atoms with Gasteiger partial charge in [0, 0.05) is 12.2 Å². The van der Waals surface area contributed by atoms with Gasteiger partial charge < -0.3 is 10.2 Å². The standard InChI is InChI=1S/C24H27N3O/c28-24(17-19-10-11-20-6-1-2-7-21(20)16-19)27(18-22-8-3-4-14-26-22)23-9-5-13-25-15-12-23/h1-4,6-8,10-11,14,16,23,25H,5,9,12-13,15,17-18H2. The average Bonchev–Trinajstić information content (AvgIpc) is 3.02. The number of amides is 1. The first-order valence-corrected chi connectivity index (χ1v) is 10.2. The minimum atomic E-state index is 0.188. The molecule has 1 aliphatic heterocycles. The van der Waals surface area contributed by atoms with Crippen LogP contribution in [0.25, 0.3) is 10.8 Å². The van der Waals surface area contributed by atoms with Gasteiger partial charge in [-0.2, -0.15) is 0 Å². The maximum atomic E-state index is 13.3. The van der Waals surface area contributed by atoms with E-state index < -0.39 is 0 Å². The van der Waals surface area contributed by atoms with Crippen molar-refractivity contribution < 1.29 is 4.79 Å². The fourth-order valence-electron chi connectivity index (χ4n) is 4.02. The molecule has 1 N–H and O–H groups in total. The van der Waals surface area contributed by atoms with Crippen LogP contribution < -0.4 is 5.32 Å². The van der Waals surface area contributed by atoms with Gasteiger partial charge >= 0.3 is 0 Å². The molecular weight excluding hydrogens is 346 g/mol. The number of aromatic nitrogens is 1. The second kappa shape index (κ2) is 8.98. The summed E-state index contributed by atoms with van der Waals surface area (Å²) in [6.07, 6.45) is 5.38. The average molecular weight is 374 g/mol. The summed E-state index contributed by atoms with van der Waals surface area (Å²) < 4.78 is 0. The predicted molar refractivity (Wildman–Crippen MR) is 113 cm³/mol. The molecule has 0 spiro atoms. The van der Waals surface area contributed by atoms with Crippen molar-refractivity contribution in [2.24, 2.45) is 0 Å². The van der Waals surface area contributed by atoms with E-state index in [2.05, 4.69) is 45.5 Å². The number of hydrogen-bond acceptors (Lipinski definition) is 3. The zero-order chi connectivity index (χ0) is 19.2. The van der Waals surface area contributed by atoms with Gasteiger partial charge in [-0.25, -0.2) is 0 Å². The van der Waals surface area contributed by atoms with Crippen LogP contribution in [0, 0.1) is 0 Å². The number of hydrogen-bond donors (Lipinski definition) is 1. The first kappa shape index (κ1) is 18.6.